The standard InChI is InChI=1S/C11H19NO/c1-11-6-3-2-4-9(11)8-10(12-13)5-7-11/h9-10H,2-8H2,1H3. The molecule has 3 unspecified atom stereocenters. The summed E-state index contributed by atoms with van der Waals surface area (Å²) in [5, 5.41) is 3.22. The van der Waals surface area contributed by atoms with Gasteiger partial charge in [-0.15, -0.1) is 0 Å². The first-order chi connectivity index (χ1) is 6.24. The summed E-state index contributed by atoms with van der Waals surface area (Å²) < 4.78 is 0. The van der Waals surface area contributed by atoms with Crippen molar-refractivity contribution < 1.29 is 0 Å². The van der Waals surface area contributed by atoms with Crippen molar-refractivity contribution in [2.45, 2.75) is 57.9 Å². The molecular formula is C11H19NO. The molecule has 13 heavy (non-hydrogen) atoms. The number of nitrogens with zero attached hydrogens (tertiary/aromatic N) is 1. The second kappa shape index (κ2) is 3.39. The van der Waals surface area contributed by atoms with Crippen molar-refractivity contribution in [2.24, 2.45) is 16.5 Å². The van der Waals surface area contributed by atoms with Gasteiger partial charge in [0.05, 0.1) is 6.04 Å². The van der Waals surface area contributed by atoms with Gasteiger partial charge in [-0.3, -0.25) is 0 Å². The number of rotatable bonds is 1. The minimum absolute atomic E-state index is 0.135. The van der Waals surface area contributed by atoms with E-state index in [2.05, 4.69) is 12.1 Å². The van der Waals surface area contributed by atoms with Crippen molar-refractivity contribution in [3.8, 4) is 0 Å². The van der Waals surface area contributed by atoms with Crippen molar-refractivity contribution in [3.63, 3.8) is 0 Å². The summed E-state index contributed by atoms with van der Waals surface area (Å²) in [4.78, 5) is 10.5. The maximum atomic E-state index is 10.5. The van der Waals surface area contributed by atoms with Crippen LogP contribution in [-0.2, 0) is 0 Å². The summed E-state index contributed by atoms with van der Waals surface area (Å²) in [6, 6.07) is 0.135. The smallest absolute Gasteiger partial charge is 0.0922 e. The molecule has 0 amide bonds. The quantitative estimate of drug-likeness (QED) is 0.569. The minimum Gasteiger partial charge on any atom is -0.151 e. The zero-order valence-electron chi connectivity index (χ0n) is 8.46. The van der Waals surface area contributed by atoms with Crippen LogP contribution in [0.5, 0.6) is 0 Å². The summed E-state index contributed by atoms with van der Waals surface area (Å²) in [5.74, 6) is 0.790. The lowest BCUT2D eigenvalue weighted by molar-refractivity contribution is 0.0557. The monoisotopic (exact) mass is 181 g/mol. The van der Waals surface area contributed by atoms with Crippen LogP contribution in [0.3, 0.4) is 0 Å². The van der Waals surface area contributed by atoms with E-state index in [1.165, 1.54) is 32.1 Å². The van der Waals surface area contributed by atoms with Gasteiger partial charge in [0, 0.05) is 0 Å². The van der Waals surface area contributed by atoms with Crippen LogP contribution in [0.4, 0.5) is 0 Å². The Bertz CT molecular complexity index is 204. The van der Waals surface area contributed by atoms with Crippen molar-refractivity contribution in [1.29, 1.82) is 0 Å². The van der Waals surface area contributed by atoms with Gasteiger partial charge in [0.25, 0.3) is 0 Å². The third kappa shape index (κ3) is 1.63. The number of hydrogen-bond acceptors (Lipinski definition) is 2. The molecule has 2 rings (SSSR count). The van der Waals surface area contributed by atoms with Crippen molar-refractivity contribution in [3.05, 3.63) is 4.91 Å². The van der Waals surface area contributed by atoms with Crippen LogP contribution in [0.1, 0.15) is 51.9 Å². The summed E-state index contributed by atoms with van der Waals surface area (Å²) in [6.45, 7) is 2.41. The fraction of sp³-hybridized carbons (Fsp3) is 1.00. The molecule has 0 aliphatic heterocycles. The number of nitroso groups, excluding NO2 is 1. The van der Waals surface area contributed by atoms with Gasteiger partial charge in [0.1, 0.15) is 0 Å². The fourth-order valence-corrected chi connectivity index (χ4v) is 3.24. The van der Waals surface area contributed by atoms with E-state index in [9.17, 15) is 4.91 Å². The van der Waals surface area contributed by atoms with Crippen molar-refractivity contribution in [2.75, 3.05) is 0 Å². The molecule has 2 aliphatic rings. The van der Waals surface area contributed by atoms with Gasteiger partial charge >= 0.3 is 0 Å². The summed E-state index contributed by atoms with van der Waals surface area (Å²) in [5.41, 5.74) is 0.555. The highest BCUT2D eigenvalue weighted by Crippen LogP contribution is 2.50. The van der Waals surface area contributed by atoms with E-state index < -0.39 is 0 Å². The van der Waals surface area contributed by atoms with Gasteiger partial charge < -0.3 is 0 Å². The first kappa shape index (κ1) is 9.17. The van der Waals surface area contributed by atoms with Gasteiger partial charge in [-0.2, -0.15) is 4.91 Å². The molecule has 2 fully saturated rings. The SMILES string of the molecule is CC12CCCCC1CC(N=O)CC2. The third-order valence-corrected chi connectivity index (χ3v) is 4.29. The number of hydrogen-bond donors (Lipinski definition) is 0. The molecule has 3 atom stereocenters. The first-order valence-corrected chi connectivity index (χ1v) is 5.57. The molecule has 0 aromatic rings. The zero-order chi connectivity index (χ0) is 9.31. The summed E-state index contributed by atoms with van der Waals surface area (Å²) >= 11 is 0. The molecule has 74 valence electrons. The Morgan fingerprint density at radius 2 is 2.08 bits per heavy atom. The predicted molar refractivity (Wildman–Crippen MR) is 53.5 cm³/mol. The van der Waals surface area contributed by atoms with E-state index in [0.717, 1.165) is 18.8 Å². The van der Waals surface area contributed by atoms with Crippen molar-refractivity contribution in [1.82, 2.24) is 0 Å². The largest absolute Gasteiger partial charge is 0.151 e. The molecule has 2 nitrogen and oxygen atoms in total. The molecular weight excluding hydrogens is 162 g/mol. The lowest BCUT2D eigenvalue weighted by Crippen LogP contribution is -2.37. The van der Waals surface area contributed by atoms with E-state index in [4.69, 9.17) is 0 Å². The highest BCUT2D eigenvalue weighted by atomic mass is 16.3. The predicted octanol–water partition coefficient (Wildman–Crippen LogP) is 3.50. The molecule has 0 aromatic heterocycles. The van der Waals surface area contributed by atoms with Crippen LogP contribution in [-0.4, -0.2) is 6.04 Å². The Labute approximate surface area is 80.1 Å². The molecule has 2 saturated carbocycles. The van der Waals surface area contributed by atoms with Gasteiger partial charge in [-0.1, -0.05) is 24.9 Å². The lowest BCUT2D eigenvalue weighted by atomic mass is 9.60. The van der Waals surface area contributed by atoms with Crippen LogP contribution in [0.15, 0.2) is 5.18 Å². The number of fused-ring (bicyclic) bond motifs is 1. The van der Waals surface area contributed by atoms with Crippen LogP contribution in [0.2, 0.25) is 0 Å². The molecule has 0 saturated heterocycles. The Morgan fingerprint density at radius 3 is 2.85 bits per heavy atom. The van der Waals surface area contributed by atoms with Gasteiger partial charge in [-0.25, -0.2) is 0 Å². The van der Waals surface area contributed by atoms with E-state index in [-0.39, 0.29) is 6.04 Å². The zero-order valence-corrected chi connectivity index (χ0v) is 8.46. The van der Waals surface area contributed by atoms with Crippen molar-refractivity contribution >= 4 is 0 Å². The average molecular weight is 181 g/mol. The topological polar surface area (TPSA) is 29.4 Å². The lowest BCUT2D eigenvalue weighted by Gasteiger charge is -2.46. The molecule has 2 heteroatoms. The third-order valence-electron chi connectivity index (χ3n) is 4.29. The molecule has 0 radical (unpaired) electrons. The maximum absolute atomic E-state index is 10.5. The van der Waals surface area contributed by atoms with Gasteiger partial charge in [0.15, 0.2) is 0 Å². The second-order valence-corrected chi connectivity index (χ2v) is 5.13. The summed E-state index contributed by atoms with van der Waals surface area (Å²) in [6.07, 6.45) is 8.81. The normalized spacial score (nSPS) is 45.3. The van der Waals surface area contributed by atoms with Crippen LogP contribution < -0.4 is 0 Å². The Morgan fingerprint density at radius 1 is 1.23 bits per heavy atom. The molecule has 0 heterocycles. The maximum Gasteiger partial charge on any atom is 0.0922 e. The molecule has 0 aromatic carbocycles. The molecule has 0 bridgehead atoms. The fourth-order valence-electron chi connectivity index (χ4n) is 3.24. The van der Waals surface area contributed by atoms with E-state index in [1.54, 1.807) is 0 Å². The van der Waals surface area contributed by atoms with E-state index in [1.807, 2.05) is 0 Å². The van der Waals surface area contributed by atoms with E-state index in [0.29, 0.717) is 5.41 Å². The summed E-state index contributed by atoms with van der Waals surface area (Å²) in [7, 11) is 0. The van der Waals surface area contributed by atoms with Gasteiger partial charge in [0.2, 0.25) is 0 Å². The highest BCUT2D eigenvalue weighted by Gasteiger charge is 2.41. The molecule has 0 spiro atoms. The Hall–Kier alpha value is -0.400. The highest BCUT2D eigenvalue weighted by molar-refractivity contribution is 4.93. The first-order valence-electron chi connectivity index (χ1n) is 5.57. The van der Waals surface area contributed by atoms with Crippen LogP contribution in [0, 0.1) is 16.2 Å². The van der Waals surface area contributed by atoms with Crippen LogP contribution >= 0.6 is 0 Å². The van der Waals surface area contributed by atoms with E-state index >= 15 is 0 Å². The molecule has 0 N–H and O–H groups in total. The Balaban J connectivity index is 2.05. The minimum atomic E-state index is 0.135. The second-order valence-electron chi connectivity index (χ2n) is 5.13. The van der Waals surface area contributed by atoms with Gasteiger partial charge in [-0.05, 0) is 43.4 Å². The Kier molecular flexibility index (Phi) is 2.39. The average Bonchev–Trinajstić information content (AvgIpc) is 2.16. The van der Waals surface area contributed by atoms with Crippen LogP contribution in [0.25, 0.3) is 0 Å². The molecule has 2 aliphatic carbocycles.